The predicted octanol–water partition coefficient (Wildman–Crippen LogP) is 2.72. The molecule has 1 aromatic carbocycles. The maximum atomic E-state index is 12.2. The number of benzene rings is 1. The first kappa shape index (κ1) is 15.1. The minimum Gasteiger partial charge on any atom is -0.481 e. The average molecular weight is 316 g/mol. The summed E-state index contributed by atoms with van der Waals surface area (Å²) < 4.78 is 0. The largest absolute Gasteiger partial charge is 0.481 e. The minimum absolute atomic E-state index is 0.0434. The summed E-state index contributed by atoms with van der Waals surface area (Å²) in [5, 5.41) is 9.98. The third kappa shape index (κ3) is 3.07. The number of likely N-dealkylation sites (tertiary alicyclic amines) is 1. The highest BCUT2D eigenvalue weighted by atomic mass is 35.5. The summed E-state index contributed by atoms with van der Waals surface area (Å²) in [6, 6.07) is 5.09. The van der Waals surface area contributed by atoms with Crippen LogP contribution in [0.25, 0.3) is 0 Å². The van der Waals surface area contributed by atoms with Gasteiger partial charge in [-0.3, -0.25) is 9.59 Å². The molecule has 1 N–H and O–H groups in total. The van der Waals surface area contributed by atoms with Crippen molar-refractivity contribution in [1.82, 2.24) is 4.90 Å². The number of rotatable bonds is 3. The van der Waals surface area contributed by atoms with Crippen molar-refractivity contribution in [2.24, 2.45) is 11.8 Å². The molecule has 0 aromatic heterocycles. The Morgan fingerprint density at radius 3 is 2.40 bits per heavy atom. The summed E-state index contributed by atoms with van der Waals surface area (Å²) in [6.07, 6.45) is 0.0948. The molecule has 1 aliphatic rings. The lowest BCUT2D eigenvalue weighted by molar-refractivity contribution is -0.142. The van der Waals surface area contributed by atoms with Gasteiger partial charge in [0, 0.05) is 23.1 Å². The molecule has 2 rings (SSSR count). The highest BCUT2D eigenvalue weighted by molar-refractivity contribution is 6.36. The van der Waals surface area contributed by atoms with Crippen molar-refractivity contribution in [3.63, 3.8) is 0 Å². The van der Waals surface area contributed by atoms with E-state index in [-0.39, 0.29) is 24.8 Å². The Morgan fingerprint density at radius 1 is 1.30 bits per heavy atom. The fourth-order valence-electron chi connectivity index (χ4n) is 2.46. The van der Waals surface area contributed by atoms with Crippen LogP contribution in [-0.2, 0) is 16.0 Å². The summed E-state index contributed by atoms with van der Waals surface area (Å²) >= 11 is 12.1. The predicted molar refractivity (Wildman–Crippen MR) is 77.0 cm³/mol. The molecular weight excluding hydrogens is 301 g/mol. The minimum atomic E-state index is -0.858. The number of hydrogen-bond acceptors (Lipinski definition) is 2. The molecule has 6 heteroatoms. The van der Waals surface area contributed by atoms with E-state index in [1.807, 2.05) is 6.92 Å². The van der Waals surface area contributed by atoms with Crippen LogP contribution in [0.4, 0.5) is 0 Å². The first-order valence-electron chi connectivity index (χ1n) is 6.33. The molecule has 0 spiro atoms. The standard InChI is InChI=1S/C14H15Cl2NO3/c1-8-6-17(7-10(8)14(19)20)13(18)5-9-11(15)3-2-4-12(9)16/h2-4,8,10H,5-7H2,1H3,(H,19,20). The van der Waals surface area contributed by atoms with E-state index in [9.17, 15) is 9.59 Å². The normalized spacial score (nSPS) is 22.1. The third-order valence-electron chi connectivity index (χ3n) is 3.67. The SMILES string of the molecule is CC1CN(C(=O)Cc2c(Cl)cccc2Cl)CC1C(=O)O. The number of aliphatic carboxylic acids is 1. The molecule has 1 aliphatic heterocycles. The molecule has 1 aromatic rings. The van der Waals surface area contributed by atoms with Crippen LogP contribution in [-0.4, -0.2) is 35.0 Å². The van der Waals surface area contributed by atoms with E-state index < -0.39 is 11.9 Å². The van der Waals surface area contributed by atoms with Crippen molar-refractivity contribution >= 4 is 35.1 Å². The molecule has 108 valence electrons. The van der Waals surface area contributed by atoms with E-state index in [1.54, 1.807) is 23.1 Å². The van der Waals surface area contributed by atoms with Gasteiger partial charge in [-0.15, -0.1) is 0 Å². The average Bonchev–Trinajstić information content (AvgIpc) is 2.76. The topological polar surface area (TPSA) is 57.6 Å². The first-order chi connectivity index (χ1) is 9.40. The van der Waals surface area contributed by atoms with E-state index in [2.05, 4.69) is 0 Å². The maximum Gasteiger partial charge on any atom is 0.308 e. The van der Waals surface area contributed by atoms with Gasteiger partial charge >= 0.3 is 5.97 Å². The Balaban J connectivity index is 2.08. The van der Waals surface area contributed by atoms with Crippen molar-refractivity contribution in [2.45, 2.75) is 13.3 Å². The maximum absolute atomic E-state index is 12.2. The molecule has 1 saturated heterocycles. The van der Waals surface area contributed by atoms with Gasteiger partial charge in [-0.2, -0.15) is 0 Å². The highest BCUT2D eigenvalue weighted by Gasteiger charge is 2.36. The van der Waals surface area contributed by atoms with Crippen LogP contribution in [0.1, 0.15) is 12.5 Å². The van der Waals surface area contributed by atoms with Crippen molar-refractivity contribution in [3.05, 3.63) is 33.8 Å². The van der Waals surface area contributed by atoms with Crippen LogP contribution in [0, 0.1) is 11.8 Å². The van der Waals surface area contributed by atoms with Gasteiger partial charge in [-0.1, -0.05) is 36.2 Å². The molecule has 2 unspecified atom stereocenters. The van der Waals surface area contributed by atoms with E-state index in [1.165, 1.54) is 0 Å². The summed E-state index contributed by atoms with van der Waals surface area (Å²) in [7, 11) is 0. The second-order valence-corrected chi connectivity index (χ2v) is 5.91. The fourth-order valence-corrected chi connectivity index (χ4v) is 2.99. The Morgan fingerprint density at radius 2 is 1.90 bits per heavy atom. The molecule has 1 heterocycles. The molecule has 20 heavy (non-hydrogen) atoms. The van der Waals surface area contributed by atoms with Crippen LogP contribution in [0.15, 0.2) is 18.2 Å². The molecule has 4 nitrogen and oxygen atoms in total. The fraction of sp³-hybridized carbons (Fsp3) is 0.429. The number of carboxylic acid groups (broad SMARTS) is 1. The quantitative estimate of drug-likeness (QED) is 0.933. The second kappa shape index (κ2) is 6.02. The first-order valence-corrected chi connectivity index (χ1v) is 7.09. The lowest BCUT2D eigenvalue weighted by Gasteiger charge is -2.17. The van der Waals surface area contributed by atoms with Crippen LogP contribution in [0.5, 0.6) is 0 Å². The summed E-state index contributed by atoms with van der Waals surface area (Å²) in [6.45, 7) is 2.55. The molecule has 0 saturated carbocycles. The third-order valence-corrected chi connectivity index (χ3v) is 4.38. The number of carbonyl (C=O) groups excluding carboxylic acids is 1. The summed E-state index contributed by atoms with van der Waals surface area (Å²) in [5.41, 5.74) is 0.590. The second-order valence-electron chi connectivity index (χ2n) is 5.10. The molecular formula is C14H15Cl2NO3. The molecule has 1 amide bonds. The molecule has 1 fully saturated rings. The van der Waals surface area contributed by atoms with E-state index in [0.29, 0.717) is 22.2 Å². The van der Waals surface area contributed by atoms with E-state index >= 15 is 0 Å². The van der Waals surface area contributed by atoms with Crippen molar-refractivity contribution in [2.75, 3.05) is 13.1 Å². The number of amides is 1. The van der Waals surface area contributed by atoms with Crippen LogP contribution >= 0.6 is 23.2 Å². The van der Waals surface area contributed by atoms with E-state index in [4.69, 9.17) is 28.3 Å². The van der Waals surface area contributed by atoms with Gasteiger partial charge in [0.15, 0.2) is 0 Å². The van der Waals surface area contributed by atoms with Crippen molar-refractivity contribution < 1.29 is 14.7 Å². The van der Waals surface area contributed by atoms with Gasteiger partial charge in [-0.05, 0) is 23.6 Å². The van der Waals surface area contributed by atoms with Gasteiger partial charge in [0.05, 0.1) is 12.3 Å². The number of hydrogen-bond donors (Lipinski definition) is 1. The zero-order chi connectivity index (χ0) is 14.9. The Labute approximate surface area is 127 Å². The van der Waals surface area contributed by atoms with Crippen LogP contribution in [0.3, 0.4) is 0 Å². The zero-order valence-corrected chi connectivity index (χ0v) is 12.5. The highest BCUT2D eigenvalue weighted by Crippen LogP contribution is 2.28. The molecule has 0 radical (unpaired) electrons. The monoisotopic (exact) mass is 315 g/mol. The Kier molecular flexibility index (Phi) is 4.55. The Bertz CT molecular complexity index is 527. The summed E-state index contributed by atoms with van der Waals surface area (Å²) in [5.74, 6) is -1.54. The molecule has 0 aliphatic carbocycles. The number of halogens is 2. The summed E-state index contributed by atoms with van der Waals surface area (Å²) in [4.78, 5) is 24.9. The number of nitrogens with zero attached hydrogens (tertiary/aromatic N) is 1. The van der Waals surface area contributed by atoms with Crippen LogP contribution < -0.4 is 0 Å². The lowest BCUT2D eigenvalue weighted by Crippen LogP contribution is -2.31. The lowest BCUT2D eigenvalue weighted by atomic mass is 9.99. The van der Waals surface area contributed by atoms with Gasteiger partial charge in [0.25, 0.3) is 0 Å². The zero-order valence-electron chi connectivity index (χ0n) is 11.0. The van der Waals surface area contributed by atoms with E-state index in [0.717, 1.165) is 0 Å². The number of carbonyl (C=O) groups is 2. The van der Waals surface area contributed by atoms with Crippen molar-refractivity contribution in [1.29, 1.82) is 0 Å². The van der Waals surface area contributed by atoms with Crippen molar-refractivity contribution in [3.8, 4) is 0 Å². The van der Waals surface area contributed by atoms with Gasteiger partial charge in [0.1, 0.15) is 0 Å². The van der Waals surface area contributed by atoms with Gasteiger partial charge in [-0.25, -0.2) is 0 Å². The van der Waals surface area contributed by atoms with Gasteiger partial charge in [0.2, 0.25) is 5.91 Å². The van der Waals surface area contributed by atoms with Crippen LogP contribution in [0.2, 0.25) is 10.0 Å². The number of carboxylic acids is 1. The molecule has 2 atom stereocenters. The molecule has 0 bridgehead atoms. The Hall–Kier alpha value is -1.26. The van der Waals surface area contributed by atoms with Gasteiger partial charge < -0.3 is 10.0 Å². The smallest absolute Gasteiger partial charge is 0.308 e.